The Hall–Kier alpha value is -3.69. The van der Waals surface area contributed by atoms with E-state index in [2.05, 4.69) is 5.32 Å². The van der Waals surface area contributed by atoms with Crippen LogP contribution in [-0.4, -0.2) is 45.3 Å². The molecule has 9 heteroatoms. The summed E-state index contributed by atoms with van der Waals surface area (Å²) in [5, 5.41) is 2.56. The summed E-state index contributed by atoms with van der Waals surface area (Å²) in [6.45, 7) is 1.30. The maximum absolute atomic E-state index is 12.6. The number of rotatable bonds is 9. The van der Waals surface area contributed by atoms with E-state index in [4.69, 9.17) is 9.47 Å². The van der Waals surface area contributed by atoms with Gasteiger partial charge in [0.15, 0.2) is 6.61 Å². The summed E-state index contributed by atoms with van der Waals surface area (Å²) < 4.78 is 36.9. The van der Waals surface area contributed by atoms with Crippen molar-refractivity contribution in [3.63, 3.8) is 0 Å². The minimum atomic E-state index is -3.67. The molecule has 0 spiro atoms. The number of anilines is 1. The predicted octanol–water partition coefficient (Wildman–Crippen LogP) is 3.62. The Labute approximate surface area is 199 Å². The number of esters is 1. The van der Waals surface area contributed by atoms with Gasteiger partial charge in [0.1, 0.15) is 12.4 Å². The maximum Gasteiger partial charge on any atom is 0.339 e. The van der Waals surface area contributed by atoms with Gasteiger partial charge in [0.2, 0.25) is 10.0 Å². The fourth-order valence-electron chi connectivity index (χ4n) is 3.08. The van der Waals surface area contributed by atoms with Crippen LogP contribution < -0.4 is 10.1 Å². The second kappa shape index (κ2) is 11.0. The summed E-state index contributed by atoms with van der Waals surface area (Å²) in [6, 6.07) is 20.6. The molecule has 0 aliphatic rings. The molecule has 0 radical (unpaired) electrons. The van der Waals surface area contributed by atoms with Crippen LogP contribution in [0.4, 0.5) is 5.69 Å². The number of para-hydroxylation sites is 1. The average Bonchev–Trinajstić information content (AvgIpc) is 2.83. The largest absolute Gasteiger partial charge is 0.489 e. The molecule has 0 atom stereocenters. The lowest BCUT2D eigenvalue weighted by atomic mass is 10.1. The molecular formula is C25H26N2O6S. The number of hydrogen-bond donors (Lipinski definition) is 1. The smallest absolute Gasteiger partial charge is 0.339 e. The van der Waals surface area contributed by atoms with E-state index >= 15 is 0 Å². The molecule has 0 aliphatic heterocycles. The van der Waals surface area contributed by atoms with Gasteiger partial charge in [-0.3, -0.25) is 4.79 Å². The first-order chi connectivity index (χ1) is 16.2. The van der Waals surface area contributed by atoms with E-state index in [1.54, 1.807) is 43.3 Å². The number of carbonyl (C=O) groups excluding carboxylic acids is 2. The van der Waals surface area contributed by atoms with Crippen molar-refractivity contribution in [1.29, 1.82) is 0 Å². The molecule has 0 aromatic heterocycles. The van der Waals surface area contributed by atoms with Gasteiger partial charge in [-0.25, -0.2) is 17.5 Å². The summed E-state index contributed by atoms with van der Waals surface area (Å²) in [6.07, 6.45) is 0. The van der Waals surface area contributed by atoms with Crippen molar-refractivity contribution >= 4 is 27.6 Å². The first-order valence-corrected chi connectivity index (χ1v) is 11.9. The lowest BCUT2D eigenvalue weighted by molar-refractivity contribution is -0.119. The Bertz CT molecular complexity index is 1270. The molecule has 0 saturated heterocycles. The van der Waals surface area contributed by atoms with Crippen molar-refractivity contribution in [2.45, 2.75) is 18.4 Å². The van der Waals surface area contributed by atoms with Gasteiger partial charge < -0.3 is 14.8 Å². The first kappa shape index (κ1) is 24.9. The highest BCUT2D eigenvalue weighted by Crippen LogP contribution is 2.22. The van der Waals surface area contributed by atoms with Gasteiger partial charge in [0.25, 0.3) is 5.91 Å². The molecule has 0 aliphatic carbocycles. The van der Waals surface area contributed by atoms with E-state index in [1.807, 2.05) is 30.3 Å². The summed E-state index contributed by atoms with van der Waals surface area (Å²) >= 11 is 0. The molecule has 3 aromatic carbocycles. The van der Waals surface area contributed by atoms with Gasteiger partial charge >= 0.3 is 5.97 Å². The zero-order valence-electron chi connectivity index (χ0n) is 19.1. The third kappa shape index (κ3) is 6.21. The van der Waals surface area contributed by atoms with Crippen LogP contribution in [0.25, 0.3) is 0 Å². The Kier molecular flexibility index (Phi) is 8.04. The number of carbonyl (C=O) groups is 2. The van der Waals surface area contributed by atoms with Gasteiger partial charge in [-0.15, -0.1) is 0 Å². The van der Waals surface area contributed by atoms with Crippen LogP contribution in [0, 0.1) is 6.92 Å². The van der Waals surface area contributed by atoms with E-state index < -0.39 is 28.5 Å². The average molecular weight is 483 g/mol. The molecule has 178 valence electrons. The van der Waals surface area contributed by atoms with Gasteiger partial charge in [-0.05, 0) is 42.8 Å². The molecule has 0 fully saturated rings. The van der Waals surface area contributed by atoms with Crippen molar-refractivity contribution in [3.05, 3.63) is 89.5 Å². The molecule has 0 unspecified atom stereocenters. The lowest BCUT2D eigenvalue weighted by Crippen LogP contribution is -2.24. The van der Waals surface area contributed by atoms with Crippen molar-refractivity contribution in [2.24, 2.45) is 0 Å². The molecular weight excluding hydrogens is 456 g/mol. The Balaban J connectivity index is 1.62. The zero-order chi connectivity index (χ0) is 24.7. The topological polar surface area (TPSA) is 102 Å². The molecule has 3 rings (SSSR count). The van der Waals surface area contributed by atoms with E-state index in [9.17, 15) is 18.0 Å². The number of hydrogen-bond acceptors (Lipinski definition) is 6. The molecule has 8 nitrogen and oxygen atoms in total. The fraction of sp³-hybridized carbons (Fsp3) is 0.200. The molecule has 34 heavy (non-hydrogen) atoms. The minimum Gasteiger partial charge on any atom is -0.489 e. The molecule has 0 bridgehead atoms. The predicted molar refractivity (Wildman–Crippen MR) is 128 cm³/mol. The van der Waals surface area contributed by atoms with Crippen LogP contribution in [0.3, 0.4) is 0 Å². The van der Waals surface area contributed by atoms with Gasteiger partial charge in [-0.1, -0.05) is 42.5 Å². The standard InChI is InChI=1S/C25H26N2O6S/c1-18-13-14-20(15-23(18)34(30,31)27(2)3)26-24(28)17-33-25(29)22-12-8-7-9-19(22)16-32-21-10-5-4-6-11-21/h4-15H,16-17H2,1-3H3,(H,26,28). The van der Waals surface area contributed by atoms with Gasteiger partial charge in [-0.2, -0.15) is 0 Å². The van der Waals surface area contributed by atoms with E-state index in [0.29, 0.717) is 22.4 Å². The summed E-state index contributed by atoms with van der Waals surface area (Å²) in [5.74, 6) is -0.593. The number of amides is 1. The number of nitrogens with zero attached hydrogens (tertiary/aromatic N) is 1. The van der Waals surface area contributed by atoms with Crippen LogP contribution in [0.5, 0.6) is 5.75 Å². The first-order valence-electron chi connectivity index (χ1n) is 10.4. The molecule has 3 aromatic rings. The summed E-state index contributed by atoms with van der Waals surface area (Å²) in [5.41, 5.74) is 1.74. The van der Waals surface area contributed by atoms with Crippen molar-refractivity contribution in [3.8, 4) is 5.75 Å². The van der Waals surface area contributed by atoms with E-state index in [1.165, 1.54) is 20.2 Å². The highest BCUT2D eigenvalue weighted by molar-refractivity contribution is 7.89. The van der Waals surface area contributed by atoms with Crippen molar-refractivity contribution < 1.29 is 27.5 Å². The number of nitrogens with one attached hydrogen (secondary N) is 1. The summed E-state index contributed by atoms with van der Waals surface area (Å²) in [7, 11) is -0.808. The van der Waals surface area contributed by atoms with Crippen LogP contribution in [-0.2, 0) is 26.2 Å². The van der Waals surface area contributed by atoms with Crippen LogP contribution in [0.2, 0.25) is 0 Å². The second-order valence-electron chi connectivity index (χ2n) is 7.65. The fourth-order valence-corrected chi connectivity index (χ4v) is 4.23. The highest BCUT2D eigenvalue weighted by Gasteiger charge is 2.21. The van der Waals surface area contributed by atoms with Crippen molar-refractivity contribution in [2.75, 3.05) is 26.0 Å². The molecule has 0 saturated carbocycles. The molecule has 1 amide bonds. The molecule has 1 N–H and O–H groups in total. The monoisotopic (exact) mass is 482 g/mol. The number of ether oxygens (including phenoxy) is 2. The zero-order valence-corrected chi connectivity index (χ0v) is 20.0. The SMILES string of the molecule is Cc1ccc(NC(=O)COC(=O)c2ccccc2COc2ccccc2)cc1S(=O)(=O)N(C)C. The van der Waals surface area contributed by atoms with E-state index in [0.717, 1.165) is 4.31 Å². The Morgan fingerprint density at radius 1 is 0.941 bits per heavy atom. The second-order valence-corrected chi connectivity index (χ2v) is 9.77. The van der Waals surface area contributed by atoms with Crippen molar-refractivity contribution in [1.82, 2.24) is 4.31 Å². The number of aryl methyl sites for hydroxylation is 1. The number of sulfonamides is 1. The maximum atomic E-state index is 12.6. The quantitative estimate of drug-likeness (QED) is 0.468. The minimum absolute atomic E-state index is 0.0830. The summed E-state index contributed by atoms with van der Waals surface area (Å²) in [4.78, 5) is 25.0. The highest BCUT2D eigenvalue weighted by atomic mass is 32.2. The third-order valence-electron chi connectivity index (χ3n) is 4.94. The van der Waals surface area contributed by atoms with E-state index in [-0.39, 0.29) is 17.2 Å². The Morgan fingerprint density at radius 3 is 2.32 bits per heavy atom. The van der Waals surface area contributed by atoms with Gasteiger partial charge in [0.05, 0.1) is 10.5 Å². The normalized spacial score (nSPS) is 11.2. The van der Waals surface area contributed by atoms with Crippen LogP contribution >= 0.6 is 0 Å². The van der Waals surface area contributed by atoms with Gasteiger partial charge in [0, 0.05) is 25.3 Å². The van der Waals surface area contributed by atoms with Crippen LogP contribution in [0.15, 0.2) is 77.7 Å². The number of benzene rings is 3. The third-order valence-corrected chi connectivity index (χ3v) is 6.90. The van der Waals surface area contributed by atoms with Crippen LogP contribution in [0.1, 0.15) is 21.5 Å². The Morgan fingerprint density at radius 2 is 1.62 bits per heavy atom. The lowest BCUT2D eigenvalue weighted by Gasteiger charge is -2.15. The molecule has 0 heterocycles.